The topological polar surface area (TPSA) is 87.6 Å². The molecule has 4 rings (SSSR count). The Balaban J connectivity index is 1.40. The minimum absolute atomic E-state index is 0.233. The lowest BCUT2D eigenvalue weighted by atomic mass is 10.2. The summed E-state index contributed by atoms with van der Waals surface area (Å²) in [6, 6.07) is 16.4. The maximum Gasteiger partial charge on any atom is 0.271 e. The molecule has 0 fully saturated rings. The van der Waals surface area contributed by atoms with Crippen LogP contribution in [0, 0.1) is 3.57 Å². The molecule has 34 heavy (non-hydrogen) atoms. The highest BCUT2D eigenvalue weighted by molar-refractivity contribution is 14.1. The summed E-state index contributed by atoms with van der Waals surface area (Å²) in [5, 5.41) is 4.06. The zero-order chi connectivity index (χ0) is 23.9. The highest BCUT2D eigenvalue weighted by Crippen LogP contribution is 2.34. The third-order valence-corrected chi connectivity index (χ3v) is 5.78. The van der Waals surface area contributed by atoms with E-state index in [4.69, 9.17) is 23.7 Å². The molecule has 0 aliphatic carbocycles. The number of nitrogens with zero attached hydrogens (tertiary/aromatic N) is 1. The number of ether oxygens (including phenoxy) is 5. The molecule has 8 nitrogen and oxygen atoms in total. The Morgan fingerprint density at radius 1 is 1.03 bits per heavy atom. The molecule has 3 aromatic rings. The maximum absolute atomic E-state index is 12.4. The van der Waals surface area contributed by atoms with Crippen LogP contribution in [0.15, 0.2) is 59.7 Å². The predicted octanol–water partition coefficient (Wildman–Crippen LogP) is 4.77. The molecule has 1 aliphatic heterocycles. The second-order valence-corrected chi connectivity index (χ2v) is 8.33. The number of benzene rings is 3. The van der Waals surface area contributed by atoms with Crippen molar-refractivity contribution >= 4 is 34.7 Å². The van der Waals surface area contributed by atoms with Gasteiger partial charge in [0.1, 0.15) is 12.4 Å². The Morgan fingerprint density at radius 2 is 1.88 bits per heavy atom. The zero-order valence-corrected chi connectivity index (χ0v) is 20.8. The molecular formula is C25H23IN2O6. The van der Waals surface area contributed by atoms with Crippen LogP contribution in [0.4, 0.5) is 0 Å². The normalized spacial score (nSPS) is 12.0. The quantitative estimate of drug-likeness (QED) is 0.225. The number of carbonyl (C=O) groups is 1. The van der Waals surface area contributed by atoms with Gasteiger partial charge >= 0.3 is 0 Å². The highest BCUT2D eigenvalue weighted by Gasteiger charge is 2.14. The molecule has 1 aliphatic rings. The molecule has 3 aromatic carbocycles. The van der Waals surface area contributed by atoms with Crippen LogP contribution < -0.4 is 29.1 Å². The number of methoxy groups -OCH3 is 1. The molecule has 0 radical (unpaired) electrons. The van der Waals surface area contributed by atoms with E-state index in [1.807, 2.05) is 49.4 Å². The summed E-state index contributed by atoms with van der Waals surface area (Å²) in [5.41, 5.74) is 4.69. The van der Waals surface area contributed by atoms with Crippen LogP contribution in [0.3, 0.4) is 0 Å². The van der Waals surface area contributed by atoms with Crippen LogP contribution in [-0.2, 0) is 6.61 Å². The molecule has 0 unspecified atom stereocenters. The molecule has 0 atom stereocenters. The van der Waals surface area contributed by atoms with Crippen molar-refractivity contribution in [1.82, 2.24) is 5.43 Å². The fourth-order valence-electron chi connectivity index (χ4n) is 3.22. The lowest BCUT2D eigenvalue weighted by Crippen LogP contribution is -2.17. The summed E-state index contributed by atoms with van der Waals surface area (Å²) < 4.78 is 28.7. The first-order valence-electron chi connectivity index (χ1n) is 10.5. The molecule has 0 saturated heterocycles. The van der Waals surface area contributed by atoms with Gasteiger partial charge in [0.15, 0.2) is 23.0 Å². The van der Waals surface area contributed by atoms with E-state index in [9.17, 15) is 4.79 Å². The summed E-state index contributed by atoms with van der Waals surface area (Å²) in [7, 11) is 1.57. The SMILES string of the molecule is CCOc1cc(/C=N\NC(=O)c2ccc(I)c(OC)c2)ccc1OCc1ccc2c(c1)OCO2. The van der Waals surface area contributed by atoms with E-state index in [-0.39, 0.29) is 12.7 Å². The number of hydrogen-bond acceptors (Lipinski definition) is 7. The number of halogens is 1. The minimum atomic E-state index is -0.334. The molecule has 1 heterocycles. The van der Waals surface area contributed by atoms with Crippen LogP contribution in [0.1, 0.15) is 28.4 Å². The van der Waals surface area contributed by atoms with Crippen molar-refractivity contribution in [1.29, 1.82) is 0 Å². The van der Waals surface area contributed by atoms with Crippen molar-refractivity contribution in [2.45, 2.75) is 13.5 Å². The van der Waals surface area contributed by atoms with Crippen molar-refractivity contribution in [2.75, 3.05) is 20.5 Å². The second kappa shape index (κ2) is 11.1. The Morgan fingerprint density at radius 3 is 2.71 bits per heavy atom. The number of fused-ring (bicyclic) bond motifs is 1. The summed E-state index contributed by atoms with van der Waals surface area (Å²) in [5.74, 6) is 2.93. The average Bonchev–Trinajstić information content (AvgIpc) is 3.32. The first kappa shape index (κ1) is 23.7. The summed E-state index contributed by atoms with van der Waals surface area (Å²) in [6.45, 7) is 2.96. The minimum Gasteiger partial charge on any atom is -0.496 e. The van der Waals surface area contributed by atoms with Gasteiger partial charge in [0.25, 0.3) is 5.91 Å². The lowest BCUT2D eigenvalue weighted by Gasteiger charge is -2.13. The van der Waals surface area contributed by atoms with Gasteiger partial charge in [-0.25, -0.2) is 5.43 Å². The van der Waals surface area contributed by atoms with Gasteiger partial charge in [0.05, 0.1) is 23.5 Å². The van der Waals surface area contributed by atoms with E-state index in [0.717, 1.165) is 20.4 Å². The van der Waals surface area contributed by atoms with Gasteiger partial charge in [-0.2, -0.15) is 5.10 Å². The molecule has 176 valence electrons. The maximum atomic E-state index is 12.4. The standard InChI is InChI=1S/C25H23IN2O6/c1-3-31-23-10-16(13-27-28-25(29)18-6-7-19(26)22(12-18)30-2)4-8-20(23)32-14-17-5-9-21-24(11-17)34-15-33-21/h4-13H,3,14-15H2,1-2H3,(H,28,29)/b27-13-. The van der Waals surface area contributed by atoms with Gasteiger partial charge < -0.3 is 23.7 Å². The van der Waals surface area contributed by atoms with Gasteiger partial charge in [-0.05, 0) is 89.2 Å². The van der Waals surface area contributed by atoms with Gasteiger partial charge in [-0.3, -0.25) is 4.79 Å². The van der Waals surface area contributed by atoms with Crippen LogP contribution in [0.2, 0.25) is 0 Å². The number of nitrogens with one attached hydrogen (secondary N) is 1. The van der Waals surface area contributed by atoms with E-state index in [1.54, 1.807) is 25.5 Å². The molecule has 0 saturated carbocycles. The van der Waals surface area contributed by atoms with Crippen LogP contribution in [0.5, 0.6) is 28.7 Å². The monoisotopic (exact) mass is 574 g/mol. The Bertz CT molecular complexity index is 1210. The fraction of sp³-hybridized carbons (Fsp3) is 0.200. The van der Waals surface area contributed by atoms with E-state index in [0.29, 0.717) is 41.8 Å². The average molecular weight is 574 g/mol. The molecule has 0 aromatic heterocycles. The van der Waals surface area contributed by atoms with Crippen LogP contribution in [-0.4, -0.2) is 32.6 Å². The lowest BCUT2D eigenvalue weighted by molar-refractivity contribution is 0.0954. The number of carbonyl (C=O) groups excluding carboxylic acids is 1. The third kappa shape index (κ3) is 5.71. The second-order valence-electron chi connectivity index (χ2n) is 7.16. The largest absolute Gasteiger partial charge is 0.496 e. The fourth-order valence-corrected chi connectivity index (χ4v) is 3.77. The smallest absolute Gasteiger partial charge is 0.271 e. The molecule has 1 N–H and O–H groups in total. The third-order valence-electron chi connectivity index (χ3n) is 4.89. The van der Waals surface area contributed by atoms with E-state index < -0.39 is 0 Å². The number of hydrazone groups is 1. The predicted molar refractivity (Wildman–Crippen MR) is 135 cm³/mol. The zero-order valence-electron chi connectivity index (χ0n) is 18.7. The van der Waals surface area contributed by atoms with Gasteiger partial charge in [0, 0.05) is 5.56 Å². The van der Waals surface area contributed by atoms with Crippen molar-refractivity contribution in [3.63, 3.8) is 0 Å². The first-order valence-corrected chi connectivity index (χ1v) is 11.6. The van der Waals surface area contributed by atoms with Crippen molar-refractivity contribution in [3.05, 3.63) is 74.9 Å². The number of hydrogen-bond donors (Lipinski definition) is 1. The van der Waals surface area contributed by atoms with E-state index in [2.05, 4.69) is 33.1 Å². The summed E-state index contributed by atoms with van der Waals surface area (Å²) >= 11 is 2.15. The molecular weight excluding hydrogens is 551 g/mol. The van der Waals surface area contributed by atoms with Crippen molar-refractivity contribution in [2.24, 2.45) is 5.10 Å². The molecule has 0 bridgehead atoms. The van der Waals surface area contributed by atoms with Crippen LogP contribution >= 0.6 is 22.6 Å². The molecule has 0 spiro atoms. The Kier molecular flexibility index (Phi) is 7.73. The van der Waals surface area contributed by atoms with Gasteiger partial charge in [-0.1, -0.05) is 6.07 Å². The Hall–Kier alpha value is -3.47. The van der Waals surface area contributed by atoms with Crippen LogP contribution in [0.25, 0.3) is 0 Å². The van der Waals surface area contributed by atoms with Gasteiger partial charge in [0.2, 0.25) is 6.79 Å². The number of rotatable bonds is 9. The molecule has 1 amide bonds. The summed E-state index contributed by atoms with van der Waals surface area (Å²) in [6.07, 6.45) is 1.55. The Labute approximate surface area is 211 Å². The van der Waals surface area contributed by atoms with Crippen molar-refractivity contribution < 1.29 is 28.5 Å². The summed E-state index contributed by atoms with van der Waals surface area (Å²) in [4.78, 5) is 12.4. The number of amides is 1. The van der Waals surface area contributed by atoms with E-state index >= 15 is 0 Å². The first-order chi connectivity index (χ1) is 16.6. The molecule has 9 heteroatoms. The van der Waals surface area contributed by atoms with E-state index in [1.165, 1.54) is 0 Å². The highest BCUT2D eigenvalue weighted by atomic mass is 127. The van der Waals surface area contributed by atoms with Gasteiger partial charge in [-0.15, -0.1) is 0 Å². The van der Waals surface area contributed by atoms with Crippen molar-refractivity contribution in [3.8, 4) is 28.7 Å².